The maximum Gasteiger partial charge on any atom is 0.255 e. The minimum Gasteiger partial charge on any atom is -0.352 e. The lowest BCUT2D eigenvalue weighted by Gasteiger charge is -2.35. The zero-order chi connectivity index (χ0) is 15.5. The van der Waals surface area contributed by atoms with E-state index >= 15 is 0 Å². The Morgan fingerprint density at radius 3 is 2.55 bits per heavy atom. The van der Waals surface area contributed by atoms with Gasteiger partial charge < -0.3 is 9.80 Å². The molecule has 0 radical (unpaired) electrons. The molecule has 0 atom stereocenters. The van der Waals surface area contributed by atoms with Crippen LogP contribution in [0.5, 0.6) is 0 Å². The summed E-state index contributed by atoms with van der Waals surface area (Å²) >= 11 is 12.1. The van der Waals surface area contributed by atoms with Gasteiger partial charge in [0, 0.05) is 43.6 Å². The van der Waals surface area contributed by atoms with E-state index in [9.17, 15) is 4.79 Å². The van der Waals surface area contributed by atoms with Crippen LogP contribution in [0.25, 0.3) is 0 Å². The van der Waals surface area contributed by atoms with E-state index in [1.54, 1.807) is 41.7 Å². The molecule has 3 rings (SSSR count). The van der Waals surface area contributed by atoms with Gasteiger partial charge >= 0.3 is 0 Å². The lowest BCUT2D eigenvalue weighted by molar-refractivity contribution is 0.0746. The molecule has 0 unspecified atom stereocenters. The van der Waals surface area contributed by atoms with Crippen LogP contribution in [-0.4, -0.2) is 47.0 Å². The summed E-state index contributed by atoms with van der Waals surface area (Å²) in [5.41, 5.74) is 0.446. The van der Waals surface area contributed by atoms with Gasteiger partial charge in [-0.1, -0.05) is 23.2 Å². The number of aromatic nitrogens is 2. The molecule has 1 fully saturated rings. The van der Waals surface area contributed by atoms with Gasteiger partial charge in [0.25, 0.3) is 5.91 Å². The molecular weight excluding hydrogens is 323 g/mol. The highest BCUT2D eigenvalue weighted by atomic mass is 35.5. The Kier molecular flexibility index (Phi) is 4.45. The van der Waals surface area contributed by atoms with Gasteiger partial charge in [0.15, 0.2) is 0 Å². The molecule has 1 aromatic carbocycles. The second-order valence-corrected chi connectivity index (χ2v) is 5.81. The second kappa shape index (κ2) is 6.50. The van der Waals surface area contributed by atoms with Crippen LogP contribution in [0.3, 0.4) is 0 Å². The van der Waals surface area contributed by atoms with Crippen LogP contribution < -0.4 is 4.90 Å². The van der Waals surface area contributed by atoms with E-state index < -0.39 is 0 Å². The van der Waals surface area contributed by atoms with Gasteiger partial charge in [0.05, 0.1) is 16.8 Å². The van der Waals surface area contributed by atoms with Gasteiger partial charge in [0.1, 0.15) is 5.82 Å². The molecule has 114 valence electrons. The summed E-state index contributed by atoms with van der Waals surface area (Å²) in [5, 5.41) is 0.928. The quantitative estimate of drug-likeness (QED) is 0.846. The third-order valence-electron chi connectivity index (χ3n) is 3.60. The Balaban J connectivity index is 1.68. The number of nitrogens with zero attached hydrogens (tertiary/aromatic N) is 4. The first-order chi connectivity index (χ1) is 10.6. The van der Waals surface area contributed by atoms with Gasteiger partial charge in [-0.25, -0.2) is 4.98 Å². The molecule has 22 heavy (non-hydrogen) atoms. The van der Waals surface area contributed by atoms with Crippen molar-refractivity contribution >= 4 is 34.9 Å². The SMILES string of the molecule is O=C(c1cc(Cl)ccc1Cl)N1CCN(c2cnccn2)CC1. The van der Waals surface area contributed by atoms with E-state index in [1.807, 2.05) is 0 Å². The first kappa shape index (κ1) is 15.1. The van der Waals surface area contributed by atoms with E-state index in [0.29, 0.717) is 41.8 Å². The topological polar surface area (TPSA) is 49.3 Å². The highest BCUT2D eigenvalue weighted by molar-refractivity contribution is 6.35. The van der Waals surface area contributed by atoms with Crippen molar-refractivity contribution in [2.24, 2.45) is 0 Å². The number of hydrogen-bond donors (Lipinski definition) is 0. The van der Waals surface area contributed by atoms with E-state index in [0.717, 1.165) is 5.82 Å². The van der Waals surface area contributed by atoms with Gasteiger partial charge in [-0.15, -0.1) is 0 Å². The minimum absolute atomic E-state index is 0.0914. The fraction of sp³-hybridized carbons (Fsp3) is 0.267. The predicted molar refractivity (Wildman–Crippen MR) is 86.6 cm³/mol. The summed E-state index contributed by atoms with van der Waals surface area (Å²) in [5.74, 6) is 0.738. The van der Waals surface area contributed by atoms with Crippen LogP contribution in [-0.2, 0) is 0 Å². The third-order valence-corrected chi connectivity index (χ3v) is 4.16. The number of rotatable bonds is 2. The zero-order valence-electron chi connectivity index (χ0n) is 11.7. The molecule has 2 aromatic rings. The molecule has 1 aromatic heterocycles. The van der Waals surface area contributed by atoms with Gasteiger partial charge in [-0.05, 0) is 18.2 Å². The van der Waals surface area contributed by atoms with Crippen LogP contribution in [0.2, 0.25) is 10.0 Å². The number of carbonyl (C=O) groups excluding carboxylic acids is 1. The molecular formula is C15H14Cl2N4O. The molecule has 1 saturated heterocycles. The Bertz CT molecular complexity index is 672. The van der Waals surface area contributed by atoms with Crippen molar-refractivity contribution in [1.82, 2.24) is 14.9 Å². The van der Waals surface area contributed by atoms with Crippen molar-refractivity contribution in [3.63, 3.8) is 0 Å². The molecule has 1 aliphatic heterocycles. The van der Waals surface area contributed by atoms with E-state index in [-0.39, 0.29) is 5.91 Å². The summed E-state index contributed by atoms with van der Waals surface area (Å²) in [6.07, 6.45) is 5.04. The first-order valence-corrected chi connectivity index (χ1v) is 7.66. The smallest absolute Gasteiger partial charge is 0.255 e. The Morgan fingerprint density at radius 1 is 1.09 bits per heavy atom. The van der Waals surface area contributed by atoms with E-state index in [2.05, 4.69) is 14.9 Å². The lowest BCUT2D eigenvalue weighted by atomic mass is 10.2. The number of hydrogen-bond acceptors (Lipinski definition) is 4. The van der Waals surface area contributed by atoms with Gasteiger partial charge in [0.2, 0.25) is 0 Å². The molecule has 2 heterocycles. The van der Waals surface area contributed by atoms with Crippen LogP contribution in [0.4, 0.5) is 5.82 Å². The molecule has 0 bridgehead atoms. The van der Waals surface area contributed by atoms with Crippen LogP contribution in [0, 0.1) is 0 Å². The van der Waals surface area contributed by atoms with Crippen molar-refractivity contribution < 1.29 is 4.79 Å². The predicted octanol–water partition coefficient (Wildman–Crippen LogP) is 2.75. The van der Waals surface area contributed by atoms with Crippen LogP contribution in [0.1, 0.15) is 10.4 Å². The van der Waals surface area contributed by atoms with Crippen LogP contribution in [0.15, 0.2) is 36.8 Å². The molecule has 5 nitrogen and oxygen atoms in total. The first-order valence-electron chi connectivity index (χ1n) is 6.90. The zero-order valence-corrected chi connectivity index (χ0v) is 13.3. The average Bonchev–Trinajstić information content (AvgIpc) is 2.57. The van der Waals surface area contributed by atoms with Crippen molar-refractivity contribution in [1.29, 1.82) is 0 Å². The summed E-state index contributed by atoms with van der Waals surface area (Å²) < 4.78 is 0. The van der Waals surface area contributed by atoms with Gasteiger partial charge in [-0.3, -0.25) is 9.78 Å². The normalized spacial score (nSPS) is 15.0. The number of benzene rings is 1. The minimum atomic E-state index is -0.0914. The fourth-order valence-corrected chi connectivity index (χ4v) is 2.80. The lowest BCUT2D eigenvalue weighted by Crippen LogP contribution is -2.49. The maximum atomic E-state index is 12.6. The molecule has 0 saturated carbocycles. The fourth-order valence-electron chi connectivity index (χ4n) is 2.42. The van der Waals surface area contributed by atoms with E-state index in [1.165, 1.54) is 0 Å². The maximum absolute atomic E-state index is 12.6. The summed E-state index contributed by atoms with van der Waals surface area (Å²) in [6.45, 7) is 2.64. The number of halogens is 2. The number of carbonyl (C=O) groups is 1. The highest BCUT2D eigenvalue weighted by Crippen LogP contribution is 2.23. The molecule has 0 spiro atoms. The summed E-state index contributed by atoms with van der Waals surface area (Å²) in [7, 11) is 0. The average molecular weight is 337 g/mol. The largest absolute Gasteiger partial charge is 0.352 e. The summed E-state index contributed by atoms with van der Waals surface area (Å²) in [4.78, 5) is 24.8. The highest BCUT2D eigenvalue weighted by Gasteiger charge is 2.24. The van der Waals surface area contributed by atoms with Gasteiger partial charge in [-0.2, -0.15) is 0 Å². The van der Waals surface area contributed by atoms with Crippen molar-refractivity contribution in [2.75, 3.05) is 31.1 Å². The second-order valence-electron chi connectivity index (χ2n) is 4.97. The molecule has 1 amide bonds. The third kappa shape index (κ3) is 3.15. The standard InChI is InChI=1S/C15H14Cl2N4O/c16-11-1-2-13(17)12(9-11)15(22)21-7-5-20(6-8-21)14-10-18-3-4-19-14/h1-4,9-10H,5-8H2. The Labute approximate surface area is 138 Å². The van der Waals surface area contributed by atoms with Crippen LogP contribution >= 0.6 is 23.2 Å². The molecule has 7 heteroatoms. The molecule has 1 aliphatic rings. The number of piperazine rings is 1. The monoisotopic (exact) mass is 336 g/mol. The van der Waals surface area contributed by atoms with Crippen molar-refractivity contribution in [3.05, 3.63) is 52.4 Å². The Hall–Kier alpha value is -1.85. The molecule has 0 aliphatic carbocycles. The molecule has 0 N–H and O–H groups in total. The Morgan fingerprint density at radius 2 is 1.86 bits per heavy atom. The van der Waals surface area contributed by atoms with E-state index in [4.69, 9.17) is 23.2 Å². The van der Waals surface area contributed by atoms with Crippen molar-refractivity contribution in [2.45, 2.75) is 0 Å². The number of anilines is 1. The van der Waals surface area contributed by atoms with Crippen molar-refractivity contribution in [3.8, 4) is 0 Å². The summed E-state index contributed by atoms with van der Waals surface area (Å²) in [6, 6.07) is 4.93. The number of amides is 1.